The molecule has 2 aliphatic carbocycles. The van der Waals surface area contributed by atoms with Crippen molar-refractivity contribution in [1.29, 1.82) is 0 Å². The van der Waals surface area contributed by atoms with Gasteiger partial charge in [0.1, 0.15) is 0 Å². The zero-order chi connectivity index (χ0) is 12.8. The van der Waals surface area contributed by atoms with Crippen LogP contribution in [0.15, 0.2) is 12.3 Å². The highest BCUT2D eigenvalue weighted by Gasteiger charge is 2.21. The predicted octanol–water partition coefficient (Wildman–Crippen LogP) is 3.66. The number of allylic oxidation sites excluding steroid dienone is 1. The largest absolute Gasteiger partial charge is 0.325 e. The van der Waals surface area contributed by atoms with Crippen LogP contribution in [0.25, 0.3) is 0 Å². The second kappa shape index (κ2) is 6.81. The number of rotatable bonds is 3. The van der Waals surface area contributed by atoms with Crippen LogP contribution in [0.5, 0.6) is 0 Å². The lowest BCUT2D eigenvalue weighted by Crippen LogP contribution is -2.42. The van der Waals surface area contributed by atoms with Crippen molar-refractivity contribution >= 4 is 6.03 Å². The third-order valence-electron chi connectivity index (χ3n) is 4.42. The first-order valence-corrected chi connectivity index (χ1v) is 7.47. The highest BCUT2D eigenvalue weighted by molar-refractivity contribution is 5.75. The molecule has 3 heteroatoms. The van der Waals surface area contributed by atoms with Gasteiger partial charge in [-0.3, -0.25) is 0 Å². The van der Waals surface area contributed by atoms with E-state index in [1.54, 1.807) is 0 Å². The fourth-order valence-electron chi connectivity index (χ4n) is 3.14. The average molecular weight is 250 g/mol. The number of nitrogens with one attached hydrogen (secondary N) is 1. The third-order valence-corrected chi connectivity index (χ3v) is 4.42. The molecule has 2 saturated carbocycles. The van der Waals surface area contributed by atoms with Crippen LogP contribution in [-0.2, 0) is 0 Å². The Morgan fingerprint density at radius 2 is 1.67 bits per heavy atom. The molecule has 0 heterocycles. The molecule has 2 aliphatic rings. The summed E-state index contributed by atoms with van der Waals surface area (Å²) in [7, 11) is 1.93. The summed E-state index contributed by atoms with van der Waals surface area (Å²) in [6, 6.07) is 0.495. The Hall–Kier alpha value is -0.990. The van der Waals surface area contributed by atoms with E-state index >= 15 is 0 Å². The highest BCUT2D eigenvalue weighted by Crippen LogP contribution is 2.25. The lowest BCUT2D eigenvalue weighted by atomic mass is 9.95. The third kappa shape index (κ3) is 3.76. The molecule has 0 aromatic carbocycles. The molecule has 102 valence electrons. The second-order valence-electron chi connectivity index (χ2n) is 5.76. The topological polar surface area (TPSA) is 32.3 Å². The number of amides is 2. The molecule has 1 N–H and O–H groups in total. The summed E-state index contributed by atoms with van der Waals surface area (Å²) < 4.78 is 0. The van der Waals surface area contributed by atoms with Crippen molar-refractivity contribution in [1.82, 2.24) is 10.2 Å². The van der Waals surface area contributed by atoms with E-state index in [1.807, 2.05) is 18.1 Å². The Labute approximate surface area is 111 Å². The molecule has 0 spiro atoms. The molecule has 0 aromatic rings. The fraction of sp³-hybridized carbons (Fsp3) is 0.800. The minimum Gasteiger partial charge on any atom is -0.325 e. The van der Waals surface area contributed by atoms with Crippen LogP contribution >= 0.6 is 0 Å². The van der Waals surface area contributed by atoms with Crippen LogP contribution in [0.2, 0.25) is 0 Å². The summed E-state index contributed by atoms with van der Waals surface area (Å²) in [6.07, 6.45) is 15.4. The molecule has 0 unspecified atom stereocenters. The lowest BCUT2D eigenvalue weighted by Gasteiger charge is -2.30. The number of hydrogen-bond acceptors (Lipinski definition) is 1. The quantitative estimate of drug-likeness (QED) is 0.814. The summed E-state index contributed by atoms with van der Waals surface area (Å²) in [4.78, 5) is 13.9. The molecule has 2 amide bonds. The van der Waals surface area contributed by atoms with Crippen molar-refractivity contribution in [3.63, 3.8) is 0 Å². The van der Waals surface area contributed by atoms with Crippen LogP contribution in [0.1, 0.15) is 57.8 Å². The van der Waals surface area contributed by atoms with Crippen LogP contribution in [0.3, 0.4) is 0 Å². The maximum Gasteiger partial charge on any atom is 0.321 e. The standard InChI is InChI=1S/C15H26N2O/c1-17(14-9-3-2-4-10-14)15(18)16-12-11-13-7-5-6-8-13/h11-14H,2-10H2,1H3,(H,16,18)/b12-11+. The van der Waals surface area contributed by atoms with E-state index in [1.165, 1.54) is 44.9 Å². The number of nitrogens with zero attached hydrogens (tertiary/aromatic N) is 1. The number of hydrogen-bond donors (Lipinski definition) is 1. The van der Waals surface area contributed by atoms with Crippen molar-refractivity contribution in [2.45, 2.75) is 63.8 Å². The van der Waals surface area contributed by atoms with Gasteiger partial charge in [0.15, 0.2) is 0 Å². The lowest BCUT2D eigenvalue weighted by molar-refractivity contribution is 0.177. The second-order valence-corrected chi connectivity index (χ2v) is 5.76. The van der Waals surface area contributed by atoms with Crippen molar-refractivity contribution in [2.75, 3.05) is 7.05 Å². The predicted molar refractivity (Wildman–Crippen MR) is 74.3 cm³/mol. The molecule has 0 radical (unpaired) electrons. The van der Waals surface area contributed by atoms with Crippen molar-refractivity contribution < 1.29 is 4.79 Å². The zero-order valence-electron chi connectivity index (χ0n) is 11.5. The van der Waals surface area contributed by atoms with Crippen LogP contribution in [0, 0.1) is 5.92 Å². The van der Waals surface area contributed by atoms with Gasteiger partial charge in [-0.05, 0) is 31.6 Å². The van der Waals surface area contributed by atoms with E-state index in [4.69, 9.17) is 0 Å². The summed E-state index contributed by atoms with van der Waals surface area (Å²) in [5, 5.41) is 2.91. The van der Waals surface area contributed by atoms with E-state index < -0.39 is 0 Å². The van der Waals surface area contributed by atoms with Gasteiger partial charge in [-0.25, -0.2) is 4.79 Å². The highest BCUT2D eigenvalue weighted by atomic mass is 16.2. The van der Waals surface area contributed by atoms with Gasteiger partial charge in [0.25, 0.3) is 0 Å². The van der Waals surface area contributed by atoms with Crippen molar-refractivity contribution in [3.05, 3.63) is 12.3 Å². The van der Waals surface area contributed by atoms with Crippen molar-refractivity contribution in [3.8, 4) is 0 Å². The van der Waals surface area contributed by atoms with Gasteiger partial charge in [0, 0.05) is 19.3 Å². The van der Waals surface area contributed by atoms with Gasteiger partial charge in [-0.1, -0.05) is 38.2 Å². The molecule has 2 rings (SSSR count). The number of urea groups is 1. The first-order chi connectivity index (χ1) is 8.77. The minimum atomic E-state index is 0.0520. The molecule has 0 saturated heterocycles. The van der Waals surface area contributed by atoms with E-state index in [9.17, 15) is 4.79 Å². The summed E-state index contributed by atoms with van der Waals surface area (Å²) in [6.45, 7) is 0. The zero-order valence-corrected chi connectivity index (χ0v) is 11.5. The number of carbonyl (C=O) groups is 1. The molecule has 3 nitrogen and oxygen atoms in total. The maximum absolute atomic E-state index is 12.0. The van der Waals surface area contributed by atoms with Gasteiger partial charge in [0.05, 0.1) is 0 Å². The van der Waals surface area contributed by atoms with E-state index in [-0.39, 0.29) is 6.03 Å². The monoisotopic (exact) mass is 250 g/mol. The molecule has 2 fully saturated rings. The van der Waals surface area contributed by atoms with Crippen molar-refractivity contribution in [2.24, 2.45) is 5.92 Å². The van der Waals surface area contributed by atoms with Gasteiger partial charge < -0.3 is 10.2 Å². The first kappa shape index (κ1) is 13.4. The smallest absolute Gasteiger partial charge is 0.321 e. The Balaban J connectivity index is 1.72. The summed E-state index contributed by atoms with van der Waals surface area (Å²) in [5.41, 5.74) is 0. The van der Waals surface area contributed by atoms with Gasteiger partial charge >= 0.3 is 6.03 Å². The molecule has 0 aromatic heterocycles. The Kier molecular flexibility index (Phi) is 5.09. The maximum atomic E-state index is 12.0. The number of carbonyl (C=O) groups excluding carboxylic acids is 1. The van der Waals surface area contributed by atoms with Gasteiger partial charge in [-0.2, -0.15) is 0 Å². The van der Waals surface area contributed by atoms with Gasteiger partial charge in [0.2, 0.25) is 0 Å². The average Bonchev–Trinajstić information content (AvgIpc) is 2.92. The molecular formula is C15H26N2O. The van der Waals surface area contributed by atoms with Crippen LogP contribution in [-0.4, -0.2) is 24.0 Å². The molecule has 0 atom stereocenters. The minimum absolute atomic E-state index is 0.0520. The molecule has 0 aliphatic heterocycles. The molecule has 0 bridgehead atoms. The molecule has 18 heavy (non-hydrogen) atoms. The summed E-state index contributed by atoms with van der Waals surface area (Å²) in [5.74, 6) is 0.685. The van der Waals surface area contributed by atoms with E-state index in [0.29, 0.717) is 12.0 Å². The molecular weight excluding hydrogens is 224 g/mol. The SMILES string of the molecule is CN(C(=O)N/C=C/C1CCCC1)C1CCCCC1. The normalized spacial score (nSPS) is 22.5. The van der Waals surface area contributed by atoms with Crippen LogP contribution < -0.4 is 5.32 Å². The fourth-order valence-corrected chi connectivity index (χ4v) is 3.14. The summed E-state index contributed by atoms with van der Waals surface area (Å²) >= 11 is 0. The first-order valence-electron chi connectivity index (χ1n) is 7.47. The Morgan fingerprint density at radius 3 is 2.33 bits per heavy atom. The Bertz CT molecular complexity index is 289. The Morgan fingerprint density at radius 1 is 1.06 bits per heavy atom. The van der Waals surface area contributed by atoms with E-state index in [0.717, 1.165) is 12.8 Å². The van der Waals surface area contributed by atoms with Crippen LogP contribution in [0.4, 0.5) is 4.79 Å². The van der Waals surface area contributed by atoms with E-state index in [2.05, 4.69) is 11.4 Å². The van der Waals surface area contributed by atoms with Gasteiger partial charge in [-0.15, -0.1) is 0 Å².